The van der Waals surface area contributed by atoms with Crippen LogP contribution < -0.4 is 15.5 Å². The summed E-state index contributed by atoms with van der Waals surface area (Å²) in [4.78, 5) is 52.3. The lowest BCUT2D eigenvalue weighted by Gasteiger charge is -2.18. The van der Waals surface area contributed by atoms with Crippen LogP contribution in [-0.4, -0.2) is 30.3 Å². The number of amides is 3. The van der Waals surface area contributed by atoms with Crippen LogP contribution in [0.2, 0.25) is 0 Å². The average molecular weight is 532 g/mol. The van der Waals surface area contributed by atoms with Gasteiger partial charge in [0, 0.05) is 16.9 Å². The summed E-state index contributed by atoms with van der Waals surface area (Å²) in [7, 11) is 0. The number of imide groups is 1. The number of ether oxygens (including phenoxy) is 1. The van der Waals surface area contributed by atoms with E-state index in [2.05, 4.69) is 10.6 Å². The van der Waals surface area contributed by atoms with Crippen LogP contribution in [0.15, 0.2) is 77.5 Å². The highest BCUT2D eigenvalue weighted by atomic mass is 35.5. The van der Waals surface area contributed by atoms with E-state index in [1.165, 1.54) is 12.1 Å². The normalized spacial score (nSPS) is 13.1. The number of carbonyl (C=O) groups excluding carboxylic acids is 4. The summed E-state index contributed by atoms with van der Waals surface area (Å²) >= 11 is 6.26. The SMILES string of the molecule is CCCOC(=O)c1ccccc1N1C(=O)C(Cl)=C(Nc2ccc(C(=O)Nc3cc(C)ccc3C)cc2)C1=O. The molecule has 4 rings (SSSR count). The molecule has 0 unspecified atom stereocenters. The lowest BCUT2D eigenvalue weighted by Crippen LogP contribution is -2.33. The topological polar surface area (TPSA) is 105 Å². The van der Waals surface area contributed by atoms with E-state index in [4.69, 9.17) is 16.3 Å². The first-order valence-corrected chi connectivity index (χ1v) is 12.4. The third kappa shape index (κ3) is 5.45. The molecule has 0 saturated heterocycles. The van der Waals surface area contributed by atoms with E-state index >= 15 is 0 Å². The Kier molecular flexibility index (Phi) is 7.93. The molecular weight excluding hydrogens is 506 g/mol. The fraction of sp³-hybridized carbons (Fsp3) is 0.172. The third-order valence-electron chi connectivity index (χ3n) is 5.89. The summed E-state index contributed by atoms with van der Waals surface area (Å²) in [5, 5.41) is 5.46. The molecular formula is C29H26ClN3O5. The second-order valence-electron chi connectivity index (χ2n) is 8.76. The van der Waals surface area contributed by atoms with E-state index in [1.807, 2.05) is 39.0 Å². The predicted octanol–water partition coefficient (Wildman–Crippen LogP) is 5.56. The Bertz CT molecular complexity index is 1460. The van der Waals surface area contributed by atoms with Crippen molar-refractivity contribution in [3.63, 3.8) is 0 Å². The molecule has 0 radical (unpaired) electrons. The average Bonchev–Trinajstić information content (AvgIpc) is 3.12. The third-order valence-corrected chi connectivity index (χ3v) is 6.24. The number of esters is 1. The Morgan fingerprint density at radius 1 is 0.947 bits per heavy atom. The van der Waals surface area contributed by atoms with Crippen molar-refractivity contribution in [2.75, 3.05) is 22.1 Å². The van der Waals surface area contributed by atoms with Gasteiger partial charge in [0.2, 0.25) is 0 Å². The maximum Gasteiger partial charge on any atom is 0.340 e. The number of aryl methyl sites for hydroxylation is 2. The van der Waals surface area contributed by atoms with Gasteiger partial charge in [-0.2, -0.15) is 0 Å². The van der Waals surface area contributed by atoms with E-state index in [0.717, 1.165) is 21.7 Å². The number of halogens is 1. The molecule has 0 saturated carbocycles. The van der Waals surface area contributed by atoms with Crippen molar-refractivity contribution >= 4 is 52.4 Å². The summed E-state index contributed by atoms with van der Waals surface area (Å²) in [6.45, 7) is 5.93. The van der Waals surface area contributed by atoms with Crippen LogP contribution >= 0.6 is 11.6 Å². The molecule has 0 fully saturated rings. The maximum absolute atomic E-state index is 13.2. The number of benzene rings is 3. The van der Waals surface area contributed by atoms with E-state index in [9.17, 15) is 19.2 Å². The lowest BCUT2D eigenvalue weighted by molar-refractivity contribution is -0.120. The Balaban J connectivity index is 1.51. The Labute approximate surface area is 225 Å². The molecule has 0 aromatic heterocycles. The molecule has 1 aliphatic rings. The van der Waals surface area contributed by atoms with E-state index in [1.54, 1.807) is 36.4 Å². The smallest absolute Gasteiger partial charge is 0.340 e. The zero-order valence-electron chi connectivity index (χ0n) is 21.1. The number of carbonyl (C=O) groups is 4. The van der Waals surface area contributed by atoms with Gasteiger partial charge in [0.1, 0.15) is 10.7 Å². The van der Waals surface area contributed by atoms with Gasteiger partial charge >= 0.3 is 5.97 Å². The number of para-hydroxylation sites is 1. The molecule has 194 valence electrons. The molecule has 3 aromatic carbocycles. The van der Waals surface area contributed by atoms with Crippen molar-refractivity contribution in [2.24, 2.45) is 0 Å². The fourth-order valence-corrected chi connectivity index (χ4v) is 4.07. The molecule has 0 spiro atoms. The Morgan fingerprint density at radius 3 is 2.37 bits per heavy atom. The number of nitrogens with zero attached hydrogens (tertiary/aromatic N) is 1. The summed E-state index contributed by atoms with van der Waals surface area (Å²) in [5.41, 5.74) is 3.57. The minimum Gasteiger partial charge on any atom is -0.462 e. The van der Waals surface area contributed by atoms with Crippen LogP contribution in [0.5, 0.6) is 0 Å². The number of rotatable bonds is 8. The second-order valence-corrected chi connectivity index (χ2v) is 9.14. The second kappa shape index (κ2) is 11.3. The predicted molar refractivity (Wildman–Crippen MR) is 146 cm³/mol. The molecule has 38 heavy (non-hydrogen) atoms. The van der Waals surface area contributed by atoms with Crippen LogP contribution in [0.25, 0.3) is 0 Å². The first-order chi connectivity index (χ1) is 18.2. The van der Waals surface area contributed by atoms with Crippen LogP contribution in [0.1, 0.15) is 45.2 Å². The van der Waals surface area contributed by atoms with Crippen molar-refractivity contribution in [1.29, 1.82) is 0 Å². The van der Waals surface area contributed by atoms with Crippen molar-refractivity contribution in [3.8, 4) is 0 Å². The lowest BCUT2D eigenvalue weighted by atomic mass is 10.1. The molecule has 2 N–H and O–H groups in total. The van der Waals surface area contributed by atoms with Crippen LogP contribution in [0.4, 0.5) is 17.1 Å². The summed E-state index contributed by atoms with van der Waals surface area (Å²) < 4.78 is 5.19. The highest BCUT2D eigenvalue weighted by Crippen LogP contribution is 2.32. The van der Waals surface area contributed by atoms with Crippen LogP contribution in [-0.2, 0) is 14.3 Å². The summed E-state index contributed by atoms with van der Waals surface area (Å²) in [6.07, 6.45) is 0.628. The largest absolute Gasteiger partial charge is 0.462 e. The molecule has 8 nitrogen and oxygen atoms in total. The van der Waals surface area contributed by atoms with Gasteiger partial charge in [0.15, 0.2) is 0 Å². The van der Waals surface area contributed by atoms with Crippen molar-refractivity contribution in [2.45, 2.75) is 27.2 Å². The van der Waals surface area contributed by atoms with Gasteiger partial charge in [-0.05, 0) is 73.9 Å². The van der Waals surface area contributed by atoms with Gasteiger partial charge < -0.3 is 15.4 Å². The minimum absolute atomic E-state index is 0.0765. The number of anilines is 3. The van der Waals surface area contributed by atoms with Gasteiger partial charge in [-0.15, -0.1) is 0 Å². The van der Waals surface area contributed by atoms with Gasteiger partial charge in [0.05, 0.1) is 17.9 Å². The molecule has 1 heterocycles. The van der Waals surface area contributed by atoms with Crippen molar-refractivity contribution in [1.82, 2.24) is 0 Å². The molecule has 9 heteroatoms. The van der Waals surface area contributed by atoms with Crippen LogP contribution in [0, 0.1) is 13.8 Å². The molecule has 3 amide bonds. The van der Waals surface area contributed by atoms with Crippen molar-refractivity contribution in [3.05, 3.63) is 99.7 Å². The molecule has 1 aliphatic heterocycles. The van der Waals surface area contributed by atoms with Crippen LogP contribution in [0.3, 0.4) is 0 Å². The number of hydrogen-bond acceptors (Lipinski definition) is 6. The zero-order valence-corrected chi connectivity index (χ0v) is 21.9. The van der Waals surface area contributed by atoms with E-state index < -0.39 is 17.8 Å². The molecule has 0 atom stereocenters. The van der Waals surface area contributed by atoms with Gasteiger partial charge in [-0.25, -0.2) is 9.69 Å². The highest BCUT2D eigenvalue weighted by Gasteiger charge is 2.40. The zero-order chi connectivity index (χ0) is 27.4. The molecule has 0 bridgehead atoms. The monoisotopic (exact) mass is 531 g/mol. The minimum atomic E-state index is -0.764. The number of hydrogen-bond donors (Lipinski definition) is 2. The quantitative estimate of drug-likeness (QED) is 0.291. The van der Waals surface area contributed by atoms with Crippen molar-refractivity contribution < 1.29 is 23.9 Å². The van der Waals surface area contributed by atoms with E-state index in [0.29, 0.717) is 17.7 Å². The maximum atomic E-state index is 13.2. The molecule has 3 aromatic rings. The summed E-state index contributed by atoms with van der Waals surface area (Å²) in [6, 6.07) is 18.4. The Morgan fingerprint density at radius 2 is 1.66 bits per heavy atom. The first kappa shape index (κ1) is 26.6. The van der Waals surface area contributed by atoms with E-state index in [-0.39, 0.29) is 34.5 Å². The Hall–Kier alpha value is -4.43. The first-order valence-electron chi connectivity index (χ1n) is 12.0. The fourth-order valence-electron chi connectivity index (χ4n) is 3.86. The summed E-state index contributed by atoms with van der Waals surface area (Å²) in [5.74, 6) is -2.41. The van der Waals surface area contributed by atoms with Gasteiger partial charge in [0.25, 0.3) is 17.7 Å². The number of nitrogens with one attached hydrogen (secondary N) is 2. The van der Waals surface area contributed by atoms with Gasteiger partial charge in [-0.3, -0.25) is 14.4 Å². The van der Waals surface area contributed by atoms with Gasteiger partial charge in [-0.1, -0.05) is 42.8 Å². The molecule has 0 aliphatic carbocycles. The standard InChI is InChI=1S/C29H26ClN3O5/c1-4-15-38-29(37)21-7-5-6-8-23(21)33-27(35)24(30)25(28(33)36)31-20-13-11-19(12-14-20)26(34)32-22-16-17(2)9-10-18(22)3/h5-14,16,31H,4,15H2,1-3H3,(H,32,34). The highest BCUT2D eigenvalue weighted by molar-refractivity contribution is 6.53.